The number of ether oxygens (including phenoxy) is 1. The fourth-order valence-electron chi connectivity index (χ4n) is 1.40. The number of hydrogen-bond donors (Lipinski definition) is 1. The summed E-state index contributed by atoms with van der Waals surface area (Å²) < 4.78 is 55.4. The summed E-state index contributed by atoms with van der Waals surface area (Å²) in [5, 5.41) is 1.95. The molecule has 0 spiro atoms. The van der Waals surface area contributed by atoms with Gasteiger partial charge in [0.1, 0.15) is 17.1 Å². The summed E-state index contributed by atoms with van der Waals surface area (Å²) in [5.41, 5.74) is -2.18. The Morgan fingerprint density at radius 1 is 1.31 bits per heavy atom. The molecule has 1 aromatic carbocycles. The van der Waals surface area contributed by atoms with Crippen molar-refractivity contribution >= 4 is 11.6 Å². The van der Waals surface area contributed by atoms with E-state index in [0.717, 1.165) is 6.07 Å². The SMILES string of the molecule is O=C1COc2ccc(F)c(C(F)(F)F)c2N1. The third-order valence-electron chi connectivity index (χ3n) is 2.02. The summed E-state index contributed by atoms with van der Waals surface area (Å²) in [6.07, 6.45) is -4.89. The van der Waals surface area contributed by atoms with E-state index in [1.54, 1.807) is 0 Å². The van der Waals surface area contributed by atoms with Gasteiger partial charge in [0.05, 0.1) is 5.69 Å². The van der Waals surface area contributed by atoms with Gasteiger partial charge >= 0.3 is 6.18 Å². The molecule has 0 radical (unpaired) electrons. The second kappa shape index (κ2) is 3.36. The Hall–Kier alpha value is -1.79. The Kier molecular flexibility index (Phi) is 2.25. The van der Waals surface area contributed by atoms with Crippen LogP contribution >= 0.6 is 0 Å². The maximum absolute atomic E-state index is 13.1. The number of alkyl halides is 3. The summed E-state index contributed by atoms with van der Waals surface area (Å²) in [4.78, 5) is 10.9. The lowest BCUT2D eigenvalue weighted by atomic mass is 10.1. The minimum atomic E-state index is -4.89. The minimum absolute atomic E-state index is 0.187. The zero-order valence-electron chi connectivity index (χ0n) is 7.69. The van der Waals surface area contributed by atoms with Gasteiger partial charge in [-0.05, 0) is 12.1 Å². The Balaban J connectivity index is 2.63. The molecule has 1 aromatic rings. The van der Waals surface area contributed by atoms with Crippen LogP contribution < -0.4 is 10.1 Å². The zero-order chi connectivity index (χ0) is 11.9. The molecule has 7 heteroatoms. The number of carbonyl (C=O) groups excluding carboxylic acids is 1. The molecule has 1 N–H and O–H groups in total. The molecule has 3 nitrogen and oxygen atoms in total. The van der Waals surface area contributed by atoms with Crippen LogP contribution in [0.15, 0.2) is 12.1 Å². The van der Waals surface area contributed by atoms with Gasteiger partial charge in [-0.2, -0.15) is 13.2 Å². The lowest BCUT2D eigenvalue weighted by Crippen LogP contribution is -2.28. The second-order valence-electron chi connectivity index (χ2n) is 3.13. The van der Waals surface area contributed by atoms with E-state index in [1.807, 2.05) is 5.32 Å². The molecule has 0 aromatic heterocycles. The van der Waals surface area contributed by atoms with Gasteiger partial charge in [0.15, 0.2) is 6.61 Å². The quantitative estimate of drug-likeness (QED) is 0.700. The van der Waals surface area contributed by atoms with Crippen LogP contribution in [0.3, 0.4) is 0 Å². The molecule has 1 aliphatic rings. The van der Waals surface area contributed by atoms with E-state index in [-0.39, 0.29) is 12.4 Å². The van der Waals surface area contributed by atoms with Crippen molar-refractivity contribution in [3.8, 4) is 5.75 Å². The van der Waals surface area contributed by atoms with Crippen molar-refractivity contribution in [3.63, 3.8) is 0 Å². The van der Waals surface area contributed by atoms with Crippen LogP contribution in [0, 0.1) is 5.82 Å². The Morgan fingerprint density at radius 2 is 2.00 bits per heavy atom. The number of benzene rings is 1. The fraction of sp³-hybridized carbons (Fsp3) is 0.222. The molecule has 0 unspecified atom stereocenters. The van der Waals surface area contributed by atoms with Crippen LogP contribution in [0.2, 0.25) is 0 Å². The predicted octanol–water partition coefficient (Wildman–Crippen LogP) is 2.18. The van der Waals surface area contributed by atoms with Crippen LogP contribution in [-0.4, -0.2) is 12.5 Å². The standard InChI is InChI=1S/C9H5F4NO2/c10-4-1-2-5-8(7(4)9(11,12)13)14-6(15)3-16-5/h1-2H,3H2,(H,14,15). The van der Waals surface area contributed by atoms with Crippen molar-refractivity contribution in [2.75, 3.05) is 11.9 Å². The van der Waals surface area contributed by atoms with Crippen molar-refractivity contribution < 1.29 is 27.1 Å². The third-order valence-corrected chi connectivity index (χ3v) is 2.02. The Labute approximate surface area is 87.0 Å². The smallest absolute Gasteiger partial charge is 0.421 e. The summed E-state index contributed by atoms with van der Waals surface area (Å²) in [6, 6.07) is 1.69. The van der Waals surface area contributed by atoms with Gasteiger partial charge in [0, 0.05) is 0 Å². The summed E-state index contributed by atoms with van der Waals surface area (Å²) >= 11 is 0. The summed E-state index contributed by atoms with van der Waals surface area (Å²) in [5.74, 6) is -2.38. The van der Waals surface area contributed by atoms with Crippen molar-refractivity contribution in [2.45, 2.75) is 6.18 Å². The molecule has 0 saturated heterocycles. The van der Waals surface area contributed by atoms with Crippen LogP contribution in [0.4, 0.5) is 23.2 Å². The number of fused-ring (bicyclic) bond motifs is 1. The molecule has 0 bridgehead atoms. The van der Waals surface area contributed by atoms with E-state index >= 15 is 0 Å². The first-order valence-electron chi connectivity index (χ1n) is 4.22. The van der Waals surface area contributed by atoms with Gasteiger partial charge in [0.25, 0.3) is 5.91 Å². The summed E-state index contributed by atoms with van der Waals surface area (Å²) in [6.45, 7) is -0.379. The highest BCUT2D eigenvalue weighted by Gasteiger charge is 2.40. The molecular formula is C9H5F4NO2. The van der Waals surface area contributed by atoms with Crippen LogP contribution in [-0.2, 0) is 11.0 Å². The Morgan fingerprint density at radius 3 is 2.62 bits per heavy atom. The number of carbonyl (C=O) groups is 1. The van der Waals surface area contributed by atoms with Crippen LogP contribution in [0.5, 0.6) is 5.75 Å². The monoisotopic (exact) mass is 235 g/mol. The van der Waals surface area contributed by atoms with Crippen molar-refractivity contribution in [2.24, 2.45) is 0 Å². The van der Waals surface area contributed by atoms with Gasteiger partial charge in [0.2, 0.25) is 0 Å². The predicted molar refractivity (Wildman–Crippen MR) is 45.5 cm³/mol. The number of nitrogens with one attached hydrogen (secondary N) is 1. The lowest BCUT2D eigenvalue weighted by molar-refractivity contribution is -0.139. The van der Waals surface area contributed by atoms with E-state index in [0.29, 0.717) is 6.07 Å². The second-order valence-corrected chi connectivity index (χ2v) is 3.13. The molecule has 2 rings (SSSR count). The molecule has 1 heterocycles. The fourth-order valence-corrected chi connectivity index (χ4v) is 1.40. The summed E-state index contributed by atoms with van der Waals surface area (Å²) in [7, 11) is 0. The maximum Gasteiger partial charge on any atom is 0.421 e. The van der Waals surface area contributed by atoms with Gasteiger partial charge in [-0.15, -0.1) is 0 Å². The number of rotatable bonds is 0. The first kappa shape index (κ1) is 10.7. The highest BCUT2D eigenvalue weighted by Crippen LogP contribution is 2.42. The third kappa shape index (κ3) is 1.68. The average Bonchev–Trinajstić information content (AvgIpc) is 2.14. The number of anilines is 1. The molecule has 1 amide bonds. The number of amides is 1. The molecule has 16 heavy (non-hydrogen) atoms. The number of halogens is 4. The first-order chi connectivity index (χ1) is 7.39. The molecule has 0 atom stereocenters. The average molecular weight is 235 g/mol. The molecule has 0 saturated carbocycles. The van der Waals surface area contributed by atoms with Crippen LogP contribution in [0.1, 0.15) is 5.56 Å². The Bertz CT molecular complexity index is 456. The number of hydrogen-bond acceptors (Lipinski definition) is 2. The van der Waals surface area contributed by atoms with Gasteiger partial charge < -0.3 is 10.1 Å². The van der Waals surface area contributed by atoms with Crippen molar-refractivity contribution in [1.29, 1.82) is 0 Å². The van der Waals surface area contributed by atoms with Crippen molar-refractivity contribution in [3.05, 3.63) is 23.5 Å². The normalized spacial score (nSPS) is 15.1. The van der Waals surface area contributed by atoms with Gasteiger partial charge in [-0.25, -0.2) is 4.39 Å². The van der Waals surface area contributed by atoms with Gasteiger partial charge in [-0.1, -0.05) is 0 Å². The van der Waals surface area contributed by atoms with E-state index in [4.69, 9.17) is 4.74 Å². The molecular weight excluding hydrogens is 230 g/mol. The van der Waals surface area contributed by atoms with Crippen LogP contribution in [0.25, 0.3) is 0 Å². The van der Waals surface area contributed by atoms with Crippen molar-refractivity contribution in [1.82, 2.24) is 0 Å². The molecule has 1 aliphatic heterocycles. The van der Waals surface area contributed by atoms with E-state index < -0.39 is 29.2 Å². The van der Waals surface area contributed by atoms with E-state index in [9.17, 15) is 22.4 Å². The zero-order valence-corrected chi connectivity index (χ0v) is 7.69. The highest BCUT2D eigenvalue weighted by atomic mass is 19.4. The minimum Gasteiger partial charge on any atom is -0.482 e. The topological polar surface area (TPSA) is 38.3 Å². The molecule has 0 fully saturated rings. The van der Waals surface area contributed by atoms with E-state index in [1.165, 1.54) is 0 Å². The largest absolute Gasteiger partial charge is 0.482 e. The van der Waals surface area contributed by atoms with Gasteiger partial charge in [-0.3, -0.25) is 4.79 Å². The first-order valence-corrected chi connectivity index (χ1v) is 4.22. The molecule has 86 valence electrons. The maximum atomic E-state index is 13.1. The van der Waals surface area contributed by atoms with E-state index in [2.05, 4.69) is 0 Å². The highest BCUT2D eigenvalue weighted by molar-refractivity contribution is 5.96. The lowest BCUT2D eigenvalue weighted by Gasteiger charge is -2.22. The molecule has 0 aliphatic carbocycles.